The Hall–Kier alpha value is -2.47. The lowest BCUT2D eigenvalue weighted by atomic mass is 10.0. The standard InChI is InChI=1S/C22H24ClN3O6S2/c1-13(27)25-11-9-16-18(12-25)33-21(19(16)22(29)32-2)24-20(28)17-4-3-10-26(17)34(30,31)15-7-5-14(23)6-8-15/h5-8,17H,3-4,9-12H2,1-2H3,(H,24,28). The first kappa shape index (κ1) is 24.6. The highest BCUT2D eigenvalue weighted by atomic mass is 35.5. The second-order valence-electron chi connectivity index (χ2n) is 8.11. The molecule has 1 saturated heterocycles. The summed E-state index contributed by atoms with van der Waals surface area (Å²) in [7, 11) is -2.65. The summed E-state index contributed by atoms with van der Waals surface area (Å²) in [5.41, 5.74) is 1.02. The number of carbonyl (C=O) groups is 3. The highest BCUT2D eigenvalue weighted by molar-refractivity contribution is 7.89. The number of hydrogen-bond donors (Lipinski definition) is 1. The van der Waals surface area contributed by atoms with Crippen LogP contribution in [0.4, 0.5) is 5.00 Å². The van der Waals surface area contributed by atoms with E-state index in [-0.39, 0.29) is 22.9 Å². The lowest BCUT2D eigenvalue weighted by Crippen LogP contribution is -2.43. The van der Waals surface area contributed by atoms with Crippen LogP contribution in [0.2, 0.25) is 5.02 Å². The number of amides is 2. The zero-order valence-corrected chi connectivity index (χ0v) is 21.1. The summed E-state index contributed by atoms with van der Waals surface area (Å²) < 4.78 is 32.5. The molecule has 2 amide bonds. The molecule has 2 aromatic rings. The topological polar surface area (TPSA) is 113 Å². The van der Waals surface area contributed by atoms with Crippen molar-refractivity contribution in [3.63, 3.8) is 0 Å². The van der Waals surface area contributed by atoms with Crippen molar-refractivity contribution in [1.82, 2.24) is 9.21 Å². The molecule has 1 atom stereocenters. The number of fused-ring (bicyclic) bond motifs is 1. The van der Waals surface area contributed by atoms with Crippen LogP contribution in [0.1, 0.15) is 40.6 Å². The van der Waals surface area contributed by atoms with Crippen molar-refractivity contribution in [2.24, 2.45) is 0 Å². The molecule has 0 bridgehead atoms. The monoisotopic (exact) mass is 525 g/mol. The van der Waals surface area contributed by atoms with Gasteiger partial charge in [0.05, 0.1) is 24.1 Å². The number of hydrogen-bond acceptors (Lipinski definition) is 7. The lowest BCUT2D eigenvalue weighted by Gasteiger charge is -2.25. The molecular weight excluding hydrogens is 502 g/mol. The van der Waals surface area contributed by atoms with Crippen LogP contribution in [0.15, 0.2) is 29.2 Å². The Morgan fingerprint density at radius 1 is 1.18 bits per heavy atom. The van der Waals surface area contributed by atoms with Crippen molar-refractivity contribution in [3.8, 4) is 0 Å². The van der Waals surface area contributed by atoms with Crippen LogP contribution in [0.3, 0.4) is 0 Å². The smallest absolute Gasteiger partial charge is 0.341 e. The van der Waals surface area contributed by atoms with Gasteiger partial charge in [-0.25, -0.2) is 13.2 Å². The van der Waals surface area contributed by atoms with E-state index in [9.17, 15) is 22.8 Å². The van der Waals surface area contributed by atoms with Crippen molar-refractivity contribution >= 4 is 55.7 Å². The Labute approximate surface area is 206 Å². The first-order valence-corrected chi connectivity index (χ1v) is 13.3. The minimum absolute atomic E-state index is 0.0581. The Morgan fingerprint density at radius 3 is 2.53 bits per heavy atom. The first-order chi connectivity index (χ1) is 16.1. The van der Waals surface area contributed by atoms with Crippen LogP contribution < -0.4 is 5.32 Å². The number of anilines is 1. The van der Waals surface area contributed by atoms with Gasteiger partial charge in [-0.2, -0.15) is 4.31 Å². The molecule has 1 N–H and O–H groups in total. The molecule has 9 nitrogen and oxygen atoms in total. The van der Waals surface area contributed by atoms with Gasteiger partial charge in [-0.05, 0) is 49.1 Å². The molecule has 1 fully saturated rings. The third-order valence-electron chi connectivity index (χ3n) is 6.06. The molecular formula is C22H24ClN3O6S2. The highest BCUT2D eigenvalue weighted by Crippen LogP contribution is 2.38. The van der Waals surface area contributed by atoms with Gasteiger partial charge >= 0.3 is 5.97 Å². The minimum Gasteiger partial charge on any atom is -0.465 e. The van der Waals surface area contributed by atoms with E-state index in [1.807, 2.05) is 0 Å². The number of halogens is 1. The summed E-state index contributed by atoms with van der Waals surface area (Å²) in [4.78, 5) is 40.1. The predicted molar refractivity (Wildman–Crippen MR) is 127 cm³/mol. The molecule has 34 heavy (non-hydrogen) atoms. The number of nitrogens with one attached hydrogen (secondary N) is 1. The maximum atomic E-state index is 13.3. The zero-order valence-electron chi connectivity index (χ0n) is 18.7. The molecule has 0 spiro atoms. The summed E-state index contributed by atoms with van der Waals surface area (Å²) in [6, 6.07) is 4.88. The van der Waals surface area contributed by atoms with E-state index in [0.717, 1.165) is 10.4 Å². The minimum atomic E-state index is -3.91. The molecule has 0 saturated carbocycles. The normalized spacial score (nSPS) is 18.4. The number of sulfonamides is 1. The van der Waals surface area contributed by atoms with Crippen LogP contribution in [0.5, 0.6) is 0 Å². The first-order valence-electron chi connectivity index (χ1n) is 10.7. The average molecular weight is 526 g/mol. The fourth-order valence-corrected chi connectivity index (χ4v) is 7.34. The average Bonchev–Trinajstić information content (AvgIpc) is 3.43. The van der Waals surface area contributed by atoms with Crippen LogP contribution in [0.25, 0.3) is 0 Å². The van der Waals surface area contributed by atoms with Crippen LogP contribution >= 0.6 is 22.9 Å². The van der Waals surface area contributed by atoms with Gasteiger partial charge in [0.15, 0.2) is 0 Å². The summed E-state index contributed by atoms with van der Waals surface area (Å²) in [6.45, 7) is 2.50. The fraction of sp³-hybridized carbons (Fsp3) is 0.409. The molecule has 12 heteroatoms. The van der Waals surface area contributed by atoms with Crippen LogP contribution in [-0.4, -0.2) is 61.6 Å². The van der Waals surface area contributed by atoms with Gasteiger partial charge in [0.25, 0.3) is 0 Å². The number of ether oxygens (including phenoxy) is 1. The van der Waals surface area contributed by atoms with Gasteiger partial charge in [-0.15, -0.1) is 11.3 Å². The van der Waals surface area contributed by atoms with Gasteiger partial charge < -0.3 is 15.0 Å². The number of esters is 1. The molecule has 0 radical (unpaired) electrons. The molecule has 182 valence electrons. The van der Waals surface area contributed by atoms with Crippen LogP contribution in [0, 0.1) is 0 Å². The van der Waals surface area contributed by atoms with Crippen molar-refractivity contribution in [2.45, 2.75) is 43.7 Å². The van der Waals surface area contributed by atoms with E-state index in [1.54, 1.807) is 4.90 Å². The Balaban J connectivity index is 1.61. The molecule has 4 rings (SSSR count). The maximum absolute atomic E-state index is 13.3. The number of nitrogens with zero attached hydrogens (tertiary/aromatic N) is 2. The highest BCUT2D eigenvalue weighted by Gasteiger charge is 2.40. The number of benzene rings is 1. The number of rotatable bonds is 5. The molecule has 0 aliphatic carbocycles. The van der Waals surface area contributed by atoms with Gasteiger partial charge in [0.1, 0.15) is 11.0 Å². The Kier molecular flexibility index (Phi) is 6.99. The summed E-state index contributed by atoms with van der Waals surface area (Å²) in [6.07, 6.45) is 1.35. The van der Waals surface area contributed by atoms with Crippen LogP contribution in [-0.2, 0) is 37.3 Å². The fourth-order valence-electron chi connectivity index (χ4n) is 4.31. The third kappa shape index (κ3) is 4.57. The molecule has 1 aromatic heterocycles. The number of carbonyl (C=O) groups excluding carboxylic acids is 3. The second-order valence-corrected chi connectivity index (χ2v) is 11.5. The third-order valence-corrected chi connectivity index (χ3v) is 9.36. The Bertz CT molecular complexity index is 1240. The van der Waals surface area contributed by atoms with E-state index in [1.165, 1.54) is 53.9 Å². The molecule has 2 aliphatic rings. The predicted octanol–water partition coefficient (Wildman–Crippen LogP) is 2.88. The lowest BCUT2D eigenvalue weighted by molar-refractivity contribution is -0.129. The maximum Gasteiger partial charge on any atom is 0.341 e. The van der Waals surface area contributed by atoms with Crippen molar-refractivity contribution in [2.75, 3.05) is 25.5 Å². The summed E-state index contributed by atoms with van der Waals surface area (Å²) in [5, 5.41) is 3.50. The van der Waals surface area contributed by atoms with Crippen molar-refractivity contribution in [3.05, 3.63) is 45.3 Å². The summed E-state index contributed by atoms with van der Waals surface area (Å²) in [5.74, 6) is -1.17. The van der Waals surface area contributed by atoms with Gasteiger partial charge in [-0.3, -0.25) is 9.59 Å². The van der Waals surface area contributed by atoms with Gasteiger partial charge in [0, 0.05) is 29.9 Å². The van der Waals surface area contributed by atoms with Gasteiger partial charge in [0.2, 0.25) is 21.8 Å². The SMILES string of the molecule is COC(=O)c1c(NC(=O)C2CCCN2S(=O)(=O)c2ccc(Cl)cc2)sc2c1CCN(C(C)=O)C2. The Morgan fingerprint density at radius 2 is 1.88 bits per heavy atom. The van der Waals surface area contributed by atoms with Crippen molar-refractivity contribution in [1.29, 1.82) is 0 Å². The largest absolute Gasteiger partial charge is 0.465 e. The van der Waals surface area contributed by atoms with Gasteiger partial charge in [-0.1, -0.05) is 11.6 Å². The quantitative estimate of drug-likeness (QED) is 0.600. The molecule has 1 unspecified atom stereocenters. The van der Waals surface area contributed by atoms with E-state index in [4.69, 9.17) is 16.3 Å². The molecule has 3 heterocycles. The van der Waals surface area contributed by atoms with E-state index in [2.05, 4.69) is 5.32 Å². The molecule has 2 aliphatic heterocycles. The van der Waals surface area contributed by atoms with Crippen molar-refractivity contribution < 1.29 is 27.5 Å². The van der Waals surface area contributed by atoms with E-state index in [0.29, 0.717) is 42.4 Å². The summed E-state index contributed by atoms with van der Waals surface area (Å²) >= 11 is 7.09. The second kappa shape index (κ2) is 9.65. The number of thiophene rings is 1. The molecule has 1 aromatic carbocycles. The zero-order chi connectivity index (χ0) is 24.6. The van der Waals surface area contributed by atoms with E-state index < -0.39 is 27.9 Å². The van der Waals surface area contributed by atoms with E-state index >= 15 is 0 Å². The number of methoxy groups -OCH3 is 1.